The lowest BCUT2D eigenvalue weighted by molar-refractivity contribution is -0.121. The smallest absolute Gasteiger partial charge is 0.319 e. The molecule has 0 fully saturated rings. The van der Waals surface area contributed by atoms with Gasteiger partial charge in [-0.2, -0.15) is 0 Å². The molecule has 0 atom stereocenters. The predicted octanol–water partition coefficient (Wildman–Crippen LogP) is 3.84. The number of carbonyl (C=O) groups excluding carboxylic acids is 2. The summed E-state index contributed by atoms with van der Waals surface area (Å²) >= 11 is 0. The van der Waals surface area contributed by atoms with Crippen LogP contribution in [0, 0.1) is 6.92 Å². The number of ether oxygens (including phenoxy) is 1. The van der Waals surface area contributed by atoms with Gasteiger partial charge in [0, 0.05) is 17.3 Å². The fraction of sp³-hybridized carbons (Fsp3) is 0.333. The lowest BCUT2D eigenvalue weighted by atomic mass is 10.1. The van der Waals surface area contributed by atoms with E-state index in [1.54, 1.807) is 23.1 Å². The van der Waals surface area contributed by atoms with Gasteiger partial charge in [0.1, 0.15) is 5.75 Å². The normalized spacial score (nSPS) is 13.6. The summed E-state index contributed by atoms with van der Waals surface area (Å²) in [6.45, 7) is 8.23. The van der Waals surface area contributed by atoms with Crippen LogP contribution in [0.3, 0.4) is 0 Å². The molecule has 0 unspecified atom stereocenters. The van der Waals surface area contributed by atoms with Gasteiger partial charge in [-0.1, -0.05) is 29.8 Å². The van der Waals surface area contributed by atoms with Crippen LogP contribution in [0.2, 0.25) is 0 Å². The predicted molar refractivity (Wildman–Crippen MR) is 106 cm³/mol. The summed E-state index contributed by atoms with van der Waals surface area (Å²) in [5.41, 5.74) is 3.20. The van der Waals surface area contributed by atoms with Crippen LogP contribution in [0.4, 0.5) is 16.2 Å². The summed E-state index contributed by atoms with van der Waals surface area (Å²) in [5.74, 6) is 0.492. The molecular formula is C21H25N3O3. The van der Waals surface area contributed by atoms with E-state index in [1.807, 2.05) is 45.9 Å². The zero-order valence-corrected chi connectivity index (χ0v) is 16.1. The van der Waals surface area contributed by atoms with E-state index in [-0.39, 0.29) is 24.1 Å². The Bertz CT molecular complexity index is 871. The molecule has 1 heterocycles. The molecule has 6 heteroatoms. The Balaban J connectivity index is 1.79. The minimum atomic E-state index is -0.328. The molecule has 0 saturated carbocycles. The van der Waals surface area contributed by atoms with Gasteiger partial charge in [-0.25, -0.2) is 4.79 Å². The van der Waals surface area contributed by atoms with Gasteiger partial charge in [0.05, 0.1) is 12.2 Å². The monoisotopic (exact) mass is 367 g/mol. The van der Waals surface area contributed by atoms with Crippen molar-refractivity contribution in [2.24, 2.45) is 0 Å². The maximum atomic E-state index is 12.4. The van der Waals surface area contributed by atoms with Crippen LogP contribution in [-0.4, -0.2) is 24.1 Å². The van der Waals surface area contributed by atoms with E-state index in [0.29, 0.717) is 23.7 Å². The number of anilines is 2. The highest BCUT2D eigenvalue weighted by Gasteiger charge is 2.26. The number of hydrogen-bond acceptors (Lipinski definition) is 3. The molecule has 0 saturated heterocycles. The van der Waals surface area contributed by atoms with Crippen LogP contribution in [0.1, 0.15) is 31.9 Å². The SMILES string of the molecule is Cc1cccc(CN2C(=O)COc3cc(NC(=O)NC(C)(C)C)ccc32)c1. The Kier molecular flexibility index (Phi) is 5.08. The average molecular weight is 367 g/mol. The standard InChI is InChI=1S/C21H25N3O3/c1-14-6-5-7-15(10-14)12-24-17-9-8-16(11-18(17)27-13-19(24)25)22-20(26)23-21(2,3)4/h5-11H,12-13H2,1-4H3,(H2,22,23,26). The molecule has 3 rings (SSSR count). The lowest BCUT2D eigenvalue weighted by Gasteiger charge is -2.30. The number of nitrogens with one attached hydrogen (secondary N) is 2. The molecule has 0 radical (unpaired) electrons. The van der Waals surface area contributed by atoms with Crippen molar-refractivity contribution < 1.29 is 14.3 Å². The van der Waals surface area contributed by atoms with Gasteiger partial charge >= 0.3 is 6.03 Å². The second-order valence-corrected chi connectivity index (χ2v) is 7.77. The molecule has 142 valence electrons. The summed E-state index contributed by atoms with van der Waals surface area (Å²) in [6, 6.07) is 13.1. The molecule has 0 spiro atoms. The molecule has 0 aliphatic carbocycles. The van der Waals surface area contributed by atoms with E-state index < -0.39 is 0 Å². The van der Waals surface area contributed by atoms with Crippen LogP contribution in [0.25, 0.3) is 0 Å². The Morgan fingerprint density at radius 3 is 2.67 bits per heavy atom. The van der Waals surface area contributed by atoms with Crippen LogP contribution in [-0.2, 0) is 11.3 Å². The number of aryl methyl sites for hydroxylation is 1. The number of fused-ring (bicyclic) bond motifs is 1. The number of amides is 3. The van der Waals surface area contributed by atoms with Crippen molar-refractivity contribution in [1.29, 1.82) is 0 Å². The summed E-state index contributed by atoms with van der Waals surface area (Å²) in [7, 11) is 0. The molecule has 6 nitrogen and oxygen atoms in total. The zero-order chi connectivity index (χ0) is 19.6. The molecule has 2 aromatic carbocycles. The second-order valence-electron chi connectivity index (χ2n) is 7.77. The Labute approximate surface area is 159 Å². The molecule has 3 amide bonds. The number of benzene rings is 2. The molecule has 1 aliphatic heterocycles. The third-order valence-electron chi connectivity index (χ3n) is 4.07. The zero-order valence-electron chi connectivity index (χ0n) is 16.1. The first kappa shape index (κ1) is 18.8. The fourth-order valence-electron chi connectivity index (χ4n) is 2.95. The van der Waals surface area contributed by atoms with E-state index >= 15 is 0 Å². The van der Waals surface area contributed by atoms with E-state index in [1.165, 1.54) is 0 Å². The van der Waals surface area contributed by atoms with Crippen LogP contribution >= 0.6 is 0 Å². The van der Waals surface area contributed by atoms with Crippen molar-refractivity contribution in [2.45, 2.75) is 39.8 Å². The van der Waals surface area contributed by atoms with E-state index in [0.717, 1.165) is 11.1 Å². The number of carbonyl (C=O) groups is 2. The van der Waals surface area contributed by atoms with Gasteiger partial charge in [-0.05, 0) is 45.4 Å². The Morgan fingerprint density at radius 2 is 1.96 bits per heavy atom. The van der Waals surface area contributed by atoms with Crippen molar-refractivity contribution in [3.63, 3.8) is 0 Å². The third-order valence-corrected chi connectivity index (χ3v) is 4.07. The quantitative estimate of drug-likeness (QED) is 0.866. The van der Waals surface area contributed by atoms with Gasteiger partial charge in [0.15, 0.2) is 6.61 Å². The average Bonchev–Trinajstić information content (AvgIpc) is 2.56. The van der Waals surface area contributed by atoms with Crippen LogP contribution in [0.5, 0.6) is 5.75 Å². The van der Waals surface area contributed by atoms with Crippen molar-refractivity contribution >= 4 is 23.3 Å². The molecule has 1 aliphatic rings. The largest absolute Gasteiger partial charge is 0.481 e. The third kappa shape index (κ3) is 4.78. The number of hydrogen-bond donors (Lipinski definition) is 2. The first-order valence-corrected chi connectivity index (χ1v) is 8.93. The molecule has 2 aromatic rings. The van der Waals surface area contributed by atoms with Gasteiger partial charge in [0.25, 0.3) is 5.91 Å². The number of urea groups is 1. The van der Waals surface area contributed by atoms with E-state index in [2.05, 4.69) is 16.7 Å². The number of rotatable bonds is 3. The summed E-state index contributed by atoms with van der Waals surface area (Å²) in [4.78, 5) is 26.2. The van der Waals surface area contributed by atoms with Gasteiger partial charge in [0.2, 0.25) is 0 Å². The fourth-order valence-corrected chi connectivity index (χ4v) is 2.95. The van der Waals surface area contributed by atoms with Gasteiger partial charge < -0.3 is 20.3 Å². The Morgan fingerprint density at radius 1 is 1.19 bits per heavy atom. The highest BCUT2D eigenvalue weighted by Crippen LogP contribution is 2.35. The van der Waals surface area contributed by atoms with Gasteiger partial charge in [-0.3, -0.25) is 4.79 Å². The Hall–Kier alpha value is -3.02. The second kappa shape index (κ2) is 7.31. The summed E-state index contributed by atoms with van der Waals surface area (Å²) in [6.07, 6.45) is 0. The maximum Gasteiger partial charge on any atom is 0.319 e. The first-order valence-electron chi connectivity index (χ1n) is 8.93. The maximum absolute atomic E-state index is 12.4. The lowest BCUT2D eigenvalue weighted by Crippen LogP contribution is -2.43. The van der Waals surface area contributed by atoms with Crippen molar-refractivity contribution in [2.75, 3.05) is 16.8 Å². The van der Waals surface area contributed by atoms with Crippen molar-refractivity contribution in [3.8, 4) is 5.75 Å². The van der Waals surface area contributed by atoms with E-state index in [9.17, 15) is 9.59 Å². The minimum absolute atomic E-state index is 0.0174. The highest BCUT2D eigenvalue weighted by molar-refractivity contribution is 5.98. The van der Waals surface area contributed by atoms with E-state index in [4.69, 9.17) is 4.74 Å². The van der Waals surface area contributed by atoms with Crippen LogP contribution < -0.4 is 20.3 Å². The number of nitrogens with zero attached hydrogens (tertiary/aromatic N) is 1. The molecule has 0 bridgehead atoms. The molecule has 0 aromatic heterocycles. The van der Waals surface area contributed by atoms with Crippen molar-refractivity contribution in [3.05, 3.63) is 53.6 Å². The molecule has 2 N–H and O–H groups in total. The van der Waals surface area contributed by atoms with Gasteiger partial charge in [-0.15, -0.1) is 0 Å². The van der Waals surface area contributed by atoms with Crippen molar-refractivity contribution in [1.82, 2.24) is 5.32 Å². The minimum Gasteiger partial charge on any atom is -0.481 e. The topological polar surface area (TPSA) is 70.7 Å². The molecular weight excluding hydrogens is 342 g/mol. The summed E-state index contributed by atoms with van der Waals surface area (Å²) in [5, 5.41) is 5.64. The first-order chi connectivity index (χ1) is 12.7. The highest BCUT2D eigenvalue weighted by atomic mass is 16.5. The molecule has 27 heavy (non-hydrogen) atoms. The summed E-state index contributed by atoms with van der Waals surface area (Å²) < 4.78 is 5.59. The van der Waals surface area contributed by atoms with Crippen LogP contribution in [0.15, 0.2) is 42.5 Å².